The summed E-state index contributed by atoms with van der Waals surface area (Å²) in [5.41, 5.74) is 0.905. The summed E-state index contributed by atoms with van der Waals surface area (Å²) in [7, 11) is 0. The van der Waals surface area contributed by atoms with Gasteiger partial charge < -0.3 is 14.4 Å². The Morgan fingerprint density at radius 1 is 1.47 bits per heavy atom. The minimum atomic E-state index is -0.838. The molecule has 4 nitrogen and oxygen atoms in total. The molecule has 0 aliphatic rings. The molecule has 0 aliphatic carbocycles. The Morgan fingerprint density at radius 3 is 2.95 bits per heavy atom. The lowest BCUT2D eigenvalue weighted by Crippen LogP contribution is -2.14. The van der Waals surface area contributed by atoms with Crippen molar-refractivity contribution in [2.24, 2.45) is 0 Å². The van der Waals surface area contributed by atoms with Crippen LogP contribution < -0.4 is 4.74 Å². The van der Waals surface area contributed by atoms with Crippen LogP contribution in [0.4, 0.5) is 0 Å². The van der Waals surface area contributed by atoms with Crippen molar-refractivity contribution >= 4 is 32.8 Å². The van der Waals surface area contributed by atoms with E-state index < -0.39 is 12.0 Å². The summed E-state index contributed by atoms with van der Waals surface area (Å²) in [6.45, 7) is 2.34. The molecule has 2 aromatic rings. The highest BCUT2D eigenvalue weighted by molar-refractivity contribution is 9.09. The van der Waals surface area contributed by atoms with Crippen LogP contribution in [-0.2, 0) is 4.79 Å². The van der Waals surface area contributed by atoms with Crippen LogP contribution in [-0.4, -0.2) is 27.6 Å². The van der Waals surface area contributed by atoms with Gasteiger partial charge in [0.1, 0.15) is 11.8 Å². The Labute approximate surface area is 120 Å². The van der Waals surface area contributed by atoms with Crippen molar-refractivity contribution in [3.63, 3.8) is 0 Å². The fraction of sp³-hybridized carbons (Fsp3) is 0.357. The molecule has 0 saturated carbocycles. The van der Waals surface area contributed by atoms with Gasteiger partial charge in [-0.3, -0.25) is 0 Å². The Morgan fingerprint density at radius 2 is 2.26 bits per heavy atom. The summed E-state index contributed by atoms with van der Waals surface area (Å²) in [4.78, 5) is 11.0. The average Bonchev–Trinajstić information content (AvgIpc) is 2.81. The lowest BCUT2D eigenvalue weighted by atomic mass is 10.2. The quantitative estimate of drug-likeness (QED) is 0.653. The van der Waals surface area contributed by atoms with Crippen LogP contribution in [0.2, 0.25) is 0 Å². The van der Waals surface area contributed by atoms with Crippen molar-refractivity contribution in [1.82, 2.24) is 4.57 Å². The largest absolute Gasteiger partial charge is 0.494 e. The van der Waals surface area contributed by atoms with E-state index in [-0.39, 0.29) is 0 Å². The third kappa shape index (κ3) is 3.10. The summed E-state index contributed by atoms with van der Waals surface area (Å²) in [5, 5.41) is 11.0. The van der Waals surface area contributed by atoms with Crippen LogP contribution in [0.15, 0.2) is 30.5 Å². The molecule has 0 amide bonds. The van der Waals surface area contributed by atoms with Crippen molar-refractivity contribution in [2.75, 3.05) is 11.9 Å². The summed E-state index contributed by atoms with van der Waals surface area (Å²) in [6.07, 6.45) is 2.75. The monoisotopic (exact) mass is 325 g/mol. The fourth-order valence-corrected chi connectivity index (χ4v) is 2.16. The summed E-state index contributed by atoms with van der Waals surface area (Å²) in [5.74, 6) is -0.0238. The van der Waals surface area contributed by atoms with Crippen LogP contribution in [0.5, 0.6) is 5.75 Å². The van der Waals surface area contributed by atoms with E-state index in [1.54, 1.807) is 17.7 Å². The molecule has 0 radical (unpaired) electrons. The van der Waals surface area contributed by atoms with Crippen molar-refractivity contribution in [1.29, 1.82) is 0 Å². The number of alkyl halides is 1. The van der Waals surface area contributed by atoms with Gasteiger partial charge in [0.15, 0.2) is 0 Å². The molecule has 1 atom stereocenters. The van der Waals surface area contributed by atoms with E-state index in [9.17, 15) is 4.79 Å². The topological polar surface area (TPSA) is 51.5 Å². The van der Waals surface area contributed by atoms with Gasteiger partial charge in [-0.15, -0.1) is 0 Å². The van der Waals surface area contributed by atoms with Crippen molar-refractivity contribution in [2.45, 2.75) is 19.4 Å². The first-order chi connectivity index (χ1) is 9.13. The van der Waals surface area contributed by atoms with Gasteiger partial charge in [-0.1, -0.05) is 15.9 Å². The number of aliphatic carboxylic acids is 1. The van der Waals surface area contributed by atoms with E-state index in [4.69, 9.17) is 9.84 Å². The fourth-order valence-electron chi connectivity index (χ4n) is 1.93. The summed E-state index contributed by atoms with van der Waals surface area (Å²) >= 11 is 3.36. The number of carboxylic acid groups (broad SMARTS) is 1. The number of rotatable bonds is 6. The van der Waals surface area contributed by atoms with Crippen molar-refractivity contribution < 1.29 is 14.6 Å². The van der Waals surface area contributed by atoms with Gasteiger partial charge in [0, 0.05) is 22.4 Å². The second-order valence-corrected chi connectivity index (χ2v) is 5.14. The van der Waals surface area contributed by atoms with Gasteiger partial charge in [0.2, 0.25) is 0 Å². The zero-order valence-electron chi connectivity index (χ0n) is 10.7. The maximum Gasteiger partial charge on any atom is 0.326 e. The molecule has 0 bridgehead atoms. The van der Waals surface area contributed by atoms with E-state index >= 15 is 0 Å². The Hall–Kier alpha value is -1.49. The minimum absolute atomic E-state index is 0.572. The summed E-state index contributed by atoms with van der Waals surface area (Å²) in [6, 6.07) is 7.05. The standard InChI is InChI=1S/C14H16BrNO3/c1-10(14(17)18)16-7-5-11-9-12(3-4-13(11)16)19-8-2-6-15/h3-5,7,9-10H,2,6,8H2,1H3,(H,17,18). The molecule has 1 aromatic heterocycles. The predicted octanol–water partition coefficient (Wildman–Crippen LogP) is 3.45. The van der Waals surface area contributed by atoms with Gasteiger partial charge in [-0.2, -0.15) is 0 Å². The Kier molecular flexibility index (Phi) is 4.47. The first-order valence-corrected chi connectivity index (χ1v) is 7.28. The molecule has 5 heteroatoms. The molecule has 2 rings (SSSR count). The number of fused-ring (bicyclic) bond motifs is 1. The highest BCUT2D eigenvalue weighted by Gasteiger charge is 2.15. The number of benzene rings is 1. The second-order valence-electron chi connectivity index (χ2n) is 4.35. The SMILES string of the molecule is CC(C(=O)O)n1ccc2cc(OCCCBr)ccc21. The van der Waals surface area contributed by atoms with Crippen LogP contribution in [0.25, 0.3) is 10.9 Å². The van der Waals surface area contributed by atoms with Gasteiger partial charge in [-0.05, 0) is 37.6 Å². The molecule has 1 heterocycles. The number of nitrogens with zero attached hydrogens (tertiary/aromatic N) is 1. The molecule has 0 fully saturated rings. The van der Waals surface area contributed by atoms with Gasteiger partial charge >= 0.3 is 5.97 Å². The molecule has 0 spiro atoms. The third-order valence-corrected chi connectivity index (χ3v) is 3.57. The van der Waals surface area contributed by atoms with Crippen LogP contribution in [0, 0.1) is 0 Å². The van der Waals surface area contributed by atoms with E-state index in [0.717, 1.165) is 28.4 Å². The minimum Gasteiger partial charge on any atom is -0.494 e. The zero-order valence-corrected chi connectivity index (χ0v) is 12.3. The highest BCUT2D eigenvalue weighted by Crippen LogP contribution is 2.24. The molecule has 1 N–H and O–H groups in total. The number of hydrogen-bond donors (Lipinski definition) is 1. The molecule has 1 unspecified atom stereocenters. The lowest BCUT2D eigenvalue weighted by molar-refractivity contribution is -0.140. The van der Waals surface area contributed by atoms with E-state index in [1.807, 2.05) is 24.3 Å². The van der Waals surface area contributed by atoms with Gasteiger partial charge in [-0.25, -0.2) is 4.79 Å². The van der Waals surface area contributed by atoms with E-state index in [0.29, 0.717) is 6.61 Å². The van der Waals surface area contributed by atoms with Gasteiger partial charge in [0.25, 0.3) is 0 Å². The molecule has 0 aliphatic heterocycles. The number of carbonyl (C=O) groups is 1. The number of aromatic nitrogens is 1. The number of hydrogen-bond acceptors (Lipinski definition) is 2. The summed E-state index contributed by atoms with van der Waals surface area (Å²) < 4.78 is 7.37. The second kappa shape index (κ2) is 6.10. The van der Waals surface area contributed by atoms with E-state index in [2.05, 4.69) is 15.9 Å². The maximum atomic E-state index is 11.0. The van der Waals surface area contributed by atoms with Crippen LogP contribution in [0.1, 0.15) is 19.4 Å². The molecule has 102 valence electrons. The smallest absolute Gasteiger partial charge is 0.326 e. The predicted molar refractivity (Wildman–Crippen MR) is 78.2 cm³/mol. The Bertz CT molecular complexity index is 579. The lowest BCUT2D eigenvalue weighted by Gasteiger charge is -2.11. The first-order valence-electron chi connectivity index (χ1n) is 6.15. The van der Waals surface area contributed by atoms with Crippen LogP contribution >= 0.6 is 15.9 Å². The van der Waals surface area contributed by atoms with Gasteiger partial charge in [0.05, 0.1) is 6.61 Å². The average molecular weight is 326 g/mol. The molecular weight excluding hydrogens is 310 g/mol. The number of halogens is 1. The number of carboxylic acids is 1. The van der Waals surface area contributed by atoms with E-state index in [1.165, 1.54) is 0 Å². The normalized spacial score (nSPS) is 12.5. The van der Waals surface area contributed by atoms with Crippen molar-refractivity contribution in [3.8, 4) is 5.75 Å². The third-order valence-electron chi connectivity index (χ3n) is 3.01. The maximum absolute atomic E-state index is 11.0. The molecule has 0 saturated heterocycles. The number of ether oxygens (including phenoxy) is 1. The molecule has 19 heavy (non-hydrogen) atoms. The molecular formula is C14H16BrNO3. The Balaban J connectivity index is 2.24. The highest BCUT2D eigenvalue weighted by atomic mass is 79.9. The van der Waals surface area contributed by atoms with Crippen LogP contribution in [0.3, 0.4) is 0 Å². The zero-order chi connectivity index (χ0) is 13.8. The van der Waals surface area contributed by atoms with Crippen molar-refractivity contribution in [3.05, 3.63) is 30.5 Å². The first kappa shape index (κ1) is 13.9. The molecule has 1 aromatic carbocycles.